The minimum absolute atomic E-state index is 0.398. The highest BCUT2D eigenvalue weighted by Gasteiger charge is 2.29. The van der Waals surface area contributed by atoms with Crippen molar-refractivity contribution in [1.29, 1.82) is 0 Å². The molecule has 8 heteroatoms. The summed E-state index contributed by atoms with van der Waals surface area (Å²) in [5, 5.41) is 52.2. The van der Waals surface area contributed by atoms with E-state index in [2.05, 4.69) is 6.58 Å². The predicted octanol–water partition coefficient (Wildman–Crippen LogP) is -3.54. The molecular formula is C10H21NO7. The fourth-order valence-corrected chi connectivity index (χ4v) is 0.671. The lowest BCUT2D eigenvalue weighted by Gasteiger charge is -2.24. The van der Waals surface area contributed by atoms with Gasteiger partial charge in [0, 0.05) is 5.57 Å². The highest BCUT2D eigenvalue weighted by molar-refractivity contribution is 5.90. The summed E-state index contributed by atoms with van der Waals surface area (Å²) in [5.41, 5.74) is 5.09. The van der Waals surface area contributed by atoms with Crippen molar-refractivity contribution in [2.45, 2.75) is 31.3 Å². The van der Waals surface area contributed by atoms with Crippen molar-refractivity contribution in [3.05, 3.63) is 12.2 Å². The Kier molecular flexibility index (Phi) is 10.7. The van der Waals surface area contributed by atoms with Gasteiger partial charge < -0.3 is 36.4 Å². The summed E-state index contributed by atoms with van der Waals surface area (Å²) in [5.74, 6) is -0.435. The summed E-state index contributed by atoms with van der Waals surface area (Å²) in [6.07, 6.45) is -6.39. The second-order valence-corrected chi connectivity index (χ2v) is 3.63. The van der Waals surface area contributed by atoms with Crippen molar-refractivity contribution in [3.63, 3.8) is 0 Å². The van der Waals surface area contributed by atoms with Crippen molar-refractivity contribution in [3.8, 4) is 0 Å². The van der Waals surface area contributed by atoms with Crippen LogP contribution in [0.2, 0.25) is 0 Å². The first-order valence-electron chi connectivity index (χ1n) is 5.08. The van der Waals surface area contributed by atoms with Gasteiger partial charge in [0.15, 0.2) is 0 Å². The van der Waals surface area contributed by atoms with Crippen molar-refractivity contribution >= 4 is 5.91 Å². The van der Waals surface area contributed by atoms with E-state index in [1.54, 1.807) is 6.92 Å². The molecule has 0 rings (SSSR count). The standard InChI is InChI=1S/C6H14O6.C4H7NO/c7-1-3(9)5(11)6(12)4(10)2-8;1-3(2)4(5)6/h3-12H,1-2H2;1H2,2H3,(H2,5,6)/t3-,4+,5-,6-;/m1./s1. The van der Waals surface area contributed by atoms with E-state index in [9.17, 15) is 4.79 Å². The average Bonchev–Trinajstić information content (AvgIpc) is 2.35. The third-order valence-electron chi connectivity index (χ3n) is 1.93. The van der Waals surface area contributed by atoms with Crippen LogP contribution in [0.3, 0.4) is 0 Å². The number of hydrogen-bond acceptors (Lipinski definition) is 7. The molecule has 0 heterocycles. The lowest BCUT2D eigenvalue weighted by molar-refractivity contribution is -0.123. The van der Waals surface area contributed by atoms with Crippen molar-refractivity contribution in [2.24, 2.45) is 5.73 Å². The number of aliphatic hydroxyl groups is 6. The number of nitrogens with two attached hydrogens (primary N) is 1. The number of carbonyl (C=O) groups is 1. The van der Waals surface area contributed by atoms with Gasteiger partial charge >= 0.3 is 0 Å². The zero-order chi connectivity index (χ0) is 14.9. The van der Waals surface area contributed by atoms with E-state index in [1.165, 1.54) is 0 Å². The molecule has 0 fully saturated rings. The van der Waals surface area contributed by atoms with Gasteiger partial charge in [-0.3, -0.25) is 4.79 Å². The summed E-state index contributed by atoms with van der Waals surface area (Å²) in [6.45, 7) is 3.40. The Balaban J connectivity index is 0. The number of rotatable bonds is 6. The van der Waals surface area contributed by atoms with Crippen LogP contribution in [0.5, 0.6) is 0 Å². The maximum Gasteiger partial charge on any atom is 0.243 e. The summed E-state index contributed by atoms with van der Waals surface area (Å²) >= 11 is 0. The van der Waals surface area contributed by atoms with Crippen LogP contribution in [-0.2, 0) is 4.79 Å². The third-order valence-corrected chi connectivity index (χ3v) is 1.93. The fourth-order valence-electron chi connectivity index (χ4n) is 0.671. The zero-order valence-electron chi connectivity index (χ0n) is 10.1. The molecule has 1 amide bonds. The van der Waals surface area contributed by atoms with Crippen molar-refractivity contribution in [1.82, 2.24) is 0 Å². The van der Waals surface area contributed by atoms with Crippen LogP contribution in [0.1, 0.15) is 6.92 Å². The predicted molar refractivity (Wildman–Crippen MR) is 62.2 cm³/mol. The van der Waals surface area contributed by atoms with Crippen molar-refractivity contribution in [2.75, 3.05) is 13.2 Å². The van der Waals surface area contributed by atoms with E-state index < -0.39 is 43.5 Å². The van der Waals surface area contributed by atoms with Gasteiger partial charge in [0.25, 0.3) is 0 Å². The van der Waals surface area contributed by atoms with Crippen molar-refractivity contribution < 1.29 is 35.4 Å². The lowest BCUT2D eigenvalue weighted by Crippen LogP contribution is -2.46. The monoisotopic (exact) mass is 267 g/mol. The molecule has 8 nitrogen and oxygen atoms in total. The maximum absolute atomic E-state index is 9.82. The third kappa shape index (κ3) is 8.12. The second kappa shape index (κ2) is 9.95. The molecule has 0 bridgehead atoms. The first kappa shape index (κ1) is 19.3. The molecule has 0 aromatic carbocycles. The Morgan fingerprint density at radius 1 is 1.06 bits per heavy atom. The van der Waals surface area contributed by atoms with Gasteiger partial charge in [-0.25, -0.2) is 0 Å². The minimum Gasteiger partial charge on any atom is -0.394 e. The topological polar surface area (TPSA) is 164 Å². The average molecular weight is 267 g/mol. The number of primary amides is 1. The van der Waals surface area contributed by atoms with E-state index in [1.807, 2.05) is 0 Å². The Hall–Kier alpha value is -1.03. The lowest BCUT2D eigenvalue weighted by atomic mass is 10.0. The molecule has 0 saturated carbocycles. The largest absolute Gasteiger partial charge is 0.394 e. The molecule has 8 N–H and O–H groups in total. The fraction of sp³-hybridized carbons (Fsp3) is 0.700. The molecule has 0 radical (unpaired) electrons. The molecule has 4 atom stereocenters. The molecule has 108 valence electrons. The van der Waals surface area contributed by atoms with Crippen LogP contribution < -0.4 is 5.73 Å². The molecule has 0 aromatic rings. The smallest absolute Gasteiger partial charge is 0.243 e. The SMILES string of the molecule is C=C(C)C(N)=O.OC[C@@H](O)[C@@H](O)[C@H](O)[C@@H](O)CO. The number of carbonyl (C=O) groups excluding carboxylic acids is 1. The Bertz CT molecular complexity index is 233. The molecule has 0 aliphatic rings. The Morgan fingerprint density at radius 2 is 1.28 bits per heavy atom. The van der Waals surface area contributed by atoms with Gasteiger partial charge in [-0.15, -0.1) is 0 Å². The number of hydrogen-bond donors (Lipinski definition) is 7. The van der Waals surface area contributed by atoms with Gasteiger partial charge in [0.1, 0.15) is 24.4 Å². The molecule has 0 saturated heterocycles. The van der Waals surface area contributed by atoms with Gasteiger partial charge in [-0.2, -0.15) is 0 Å². The normalized spacial score (nSPS) is 16.8. The van der Waals surface area contributed by atoms with Crippen LogP contribution in [0, 0.1) is 0 Å². The summed E-state index contributed by atoms with van der Waals surface area (Å²) in [7, 11) is 0. The molecule has 18 heavy (non-hydrogen) atoms. The minimum atomic E-state index is -1.67. The quantitative estimate of drug-likeness (QED) is 0.245. The van der Waals surface area contributed by atoms with Gasteiger partial charge in [0.05, 0.1) is 13.2 Å². The molecular weight excluding hydrogens is 246 g/mol. The molecule has 0 unspecified atom stereocenters. The molecule has 0 aliphatic heterocycles. The highest BCUT2D eigenvalue weighted by atomic mass is 16.4. The van der Waals surface area contributed by atoms with Crippen LogP contribution >= 0.6 is 0 Å². The van der Waals surface area contributed by atoms with Gasteiger partial charge in [0.2, 0.25) is 5.91 Å². The van der Waals surface area contributed by atoms with E-state index >= 15 is 0 Å². The van der Waals surface area contributed by atoms with Crippen LogP contribution in [0.25, 0.3) is 0 Å². The zero-order valence-corrected chi connectivity index (χ0v) is 10.1. The van der Waals surface area contributed by atoms with Gasteiger partial charge in [-0.05, 0) is 6.92 Å². The number of amides is 1. The number of aliphatic hydroxyl groups excluding tert-OH is 6. The molecule has 0 spiro atoms. The molecule has 0 aromatic heterocycles. The van der Waals surface area contributed by atoms with Crippen LogP contribution in [-0.4, -0.2) is 74.2 Å². The summed E-state index contributed by atoms with van der Waals surface area (Å²) in [6, 6.07) is 0. The maximum atomic E-state index is 9.82. The van der Waals surface area contributed by atoms with E-state index in [-0.39, 0.29) is 0 Å². The first-order chi connectivity index (χ1) is 8.18. The Morgan fingerprint density at radius 3 is 1.39 bits per heavy atom. The van der Waals surface area contributed by atoms with E-state index in [4.69, 9.17) is 36.4 Å². The summed E-state index contributed by atoms with van der Waals surface area (Å²) < 4.78 is 0. The van der Waals surface area contributed by atoms with E-state index in [0.717, 1.165) is 0 Å². The van der Waals surface area contributed by atoms with Crippen LogP contribution in [0.15, 0.2) is 12.2 Å². The van der Waals surface area contributed by atoms with E-state index in [0.29, 0.717) is 5.57 Å². The summed E-state index contributed by atoms with van der Waals surface area (Å²) in [4.78, 5) is 9.82. The van der Waals surface area contributed by atoms with Crippen LogP contribution in [0.4, 0.5) is 0 Å². The Labute approximate surface area is 105 Å². The first-order valence-corrected chi connectivity index (χ1v) is 5.08. The second-order valence-electron chi connectivity index (χ2n) is 3.63. The highest BCUT2D eigenvalue weighted by Crippen LogP contribution is 2.03. The molecule has 0 aliphatic carbocycles. The van der Waals surface area contributed by atoms with Gasteiger partial charge in [-0.1, -0.05) is 6.58 Å².